The van der Waals surface area contributed by atoms with Crippen LogP contribution < -0.4 is 11.3 Å². The lowest BCUT2D eigenvalue weighted by molar-refractivity contribution is -0.108. The molecular weight excluding hydrogens is 204 g/mol. The molecule has 1 aromatic carbocycles. The van der Waals surface area contributed by atoms with Crippen LogP contribution in [0, 0.1) is 6.92 Å². The van der Waals surface area contributed by atoms with Gasteiger partial charge in [0.15, 0.2) is 0 Å². The fourth-order valence-electron chi connectivity index (χ4n) is 1.83. The van der Waals surface area contributed by atoms with E-state index in [-0.39, 0.29) is 12.1 Å². The predicted octanol–water partition coefficient (Wildman–Crippen LogP) is 1.09. The van der Waals surface area contributed by atoms with Crippen molar-refractivity contribution in [2.45, 2.75) is 13.5 Å². The van der Waals surface area contributed by atoms with Gasteiger partial charge in [-0.15, -0.1) is 0 Å². The van der Waals surface area contributed by atoms with Crippen molar-refractivity contribution >= 4 is 22.9 Å². The summed E-state index contributed by atoms with van der Waals surface area (Å²) in [5, 5.41) is 0.940. The van der Waals surface area contributed by atoms with E-state index in [0.29, 0.717) is 17.5 Å². The van der Waals surface area contributed by atoms with Gasteiger partial charge in [-0.05, 0) is 24.6 Å². The summed E-state index contributed by atoms with van der Waals surface area (Å²) in [7, 11) is 0. The van der Waals surface area contributed by atoms with Gasteiger partial charge in [0.05, 0.1) is 12.1 Å². The van der Waals surface area contributed by atoms with Crippen LogP contribution in [0.2, 0.25) is 0 Å². The lowest BCUT2D eigenvalue weighted by Crippen LogP contribution is -2.21. The van der Waals surface area contributed by atoms with Crippen LogP contribution in [-0.4, -0.2) is 10.9 Å². The fraction of sp³-hybridized carbons (Fsp3) is 0.167. The molecule has 0 aliphatic carbocycles. The lowest BCUT2D eigenvalue weighted by Gasteiger charge is -2.09. The molecule has 4 nitrogen and oxygen atoms in total. The van der Waals surface area contributed by atoms with Crippen LogP contribution in [0.1, 0.15) is 5.56 Å². The Morgan fingerprint density at radius 3 is 2.81 bits per heavy atom. The van der Waals surface area contributed by atoms with Crippen molar-refractivity contribution in [2.24, 2.45) is 0 Å². The highest BCUT2D eigenvalue weighted by molar-refractivity contribution is 5.85. The smallest absolute Gasteiger partial charge is 0.251 e. The van der Waals surface area contributed by atoms with Crippen molar-refractivity contribution in [3.63, 3.8) is 0 Å². The molecule has 16 heavy (non-hydrogen) atoms. The van der Waals surface area contributed by atoms with Crippen LogP contribution in [0.3, 0.4) is 0 Å². The predicted molar refractivity (Wildman–Crippen MR) is 63.4 cm³/mol. The van der Waals surface area contributed by atoms with Crippen molar-refractivity contribution in [2.75, 3.05) is 5.73 Å². The van der Waals surface area contributed by atoms with E-state index in [2.05, 4.69) is 0 Å². The first-order valence-electron chi connectivity index (χ1n) is 4.97. The molecule has 0 radical (unpaired) electrons. The molecule has 0 aliphatic rings. The molecule has 2 N–H and O–H groups in total. The van der Waals surface area contributed by atoms with Gasteiger partial charge in [0.2, 0.25) is 0 Å². The minimum atomic E-state index is -0.178. The molecule has 2 aromatic rings. The van der Waals surface area contributed by atoms with E-state index in [9.17, 15) is 9.59 Å². The zero-order valence-corrected chi connectivity index (χ0v) is 8.93. The number of nitrogens with zero attached hydrogens (tertiary/aromatic N) is 1. The maximum absolute atomic E-state index is 11.7. The van der Waals surface area contributed by atoms with E-state index in [4.69, 9.17) is 5.73 Å². The summed E-state index contributed by atoms with van der Waals surface area (Å²) in [5.74, 6) is 0. The van der Waals surface area contributed by atoms with Crippen LogP contribution in [0.25, 0.3) is 10.9 Å². The van der Waals surface area contributed by atoms with E-state index in [0.717, 1.165) is 10.9 Å². The van der Waals surface area contributed by atoms with Gasteiger partial charge >= 0.3 is 0 Å². The second-order valence-electron chi connectivity index (χ2n) is 3.72. The van der Waals surface area contributed by atoms with Crippen molar-refractivity contribution in [3.8, 4) is 0 Å². The Morgan fingerprint density at radius 2 is 2.12 bits per heavy atom. The van der Waals surface area contributed by atoms with Gasteiger partial charge in [-0.1, -0.05) is 6.07 Å². The zero-order chi connectivity index (χ0) is 11.7. The Morgan fingerprint density at radius 1 is 1.38 bits per heavy atom. The molecule has 0 spiro atoms. The summed E-state index contributed by atoms with van der Waals surface area (Å²) < 4.78 is 1.42. The minimum Gasteiger partial charge on any atom is -0.399 e. The normalized spacial score (nSPS) is 10.6. The molecule has 0 bridgehead atoms. The average molecular weight is 216 g/mol. The van der Waals surface area contributed by atoms with Gasteiger partial charge in [0.25, 0.3) is 5.56 Å². The van der Waals surface area contributed by atoms with Gasteiger partial charge in [-0.2, -0.15) is 0 Å². The number of carbonyl (C=O) groups excluding carboxylic acids is 1. The van der Waals surface area contributed by atoms with Crippen molar-refractivity contribution in [1.82, 2.24) is 4.57 Å². The molecule has 0 unspecified atom stereocenters. The standard InChI is InChI=1S/C12H12N2O2/c1-8-6-12(16)14(4-5-15)11-7-9(13)2-3-10(8)11/h2-3,5-7H,4,13H2,1H3. The molecule has 0 amide bonds. The number of nitrogen functional groups attached to an aromatic ring is 1. The molecule has 82 valence electrons. The molecule has 0 atom stereocenters. The molecule has 0 fully saturated rings. The number of carbonyl (C=O) groups is 1. The number of aldehydes is 1. The number of anilines is 1. The van der Waals surface area contributed by atoms with Crippen molar-refractivity contribution < 1.29 is 4.79 Å². The number of aryl methyl sites for hydroxylation is 1. The third-order valence-corrected chi connectivity index (χ3v) is 2.60. The summed E-state index contributed by atoms with van der Waals surface area (Å²) in [5.41, 5.74) is 7.68. The minimum absolute atomic E-state index is 0.0546. The summed E-state index contributed by atoms with van der Waals surface area (Å²) in [4.78, 5) is 22.3. The Balaban J connectivity index is 2.91. The summed E-state index contributed by atoms with van der Waals surface area (Å²) in [6, 6.07) is 6.89. The number of pyridine rings is 1. The molecular formula is C12H12N2O2. The van der Waals surface area contributed by atoms with Gasteiger partial charge < -0.3 is 15.1 Å². The number of nitrogens with two attached hydrogens (primary N) is 1. The van der Waals surface area contributed by atoms with E-state index in [1.165, 1.54) is 10.6 Å². The monoisotopic (exact) mass is 216 g/mol. The molecule has 1 heterocycles. The number of aromatic nitrogens is 1. The van der Waals surface area contributed by atoms with Crippen molar-refractivity contribution in [3.05, 3.63) is 40.2 Å². The molecule has 1 aromatic heterocycles. The number of fused-ring (bicyclic) bond motifs is 1. The van der Waals surface area contributed by atoms with Gasteiger partial charge in [0.1, 0.15) is 6.29 Å². The topological polar surface area (TPSA) is 65.1 Å². The highest BCUT2D eigenvalue weighted by Gasteiger charge is 2.05. The van der Waals surface area contributed by atoms with Crippen LogP contribution in [0.15, 0.2) is 29.1 Å². The van der Waals surface area contributed by atoms with Gasteiger partial charge in [-0.25, -0.2) is 0 Å². The highest BCUT2D eigenvalue weighted by Crippen LogP contribution is 2.18. The zero-order valence-electron chi connectivity index (χ0n) is 8.93. The van der Waals surface area contributed by atoms with E-state index in [1.54, 1.807) is 12.1 Å². The van der Waals surface area contributed by atoms with Crippen LogP contribution in [0.5, 0.6) is 0 Å². The third kappa shape index (κ3) is 1.58. The number of benzene rings is 1. The Hall–Kier alpha value is -2.10. The van der Waals surface area contributed by atoms with Crippen LogP contribution in [0.4, 0.5) is 5.69 Å². The lowest BCUT2D eigenvalue weighted by atomic mass is 10.1. The quantitative estimate of drug-likeness (QED) is 0.603. The molecule has 0 saturated carbocycles. The summed E-state index contributed by atoms with van der Waals surface area (Å²) in [6.07, 6.45) is 0.708. The number of rotatable bonds is 2. The van der Waals surface area contributed by atoms with E-state index >= 15 is 0 Å². The van der Waals surface area contributed by atoms with E-state index < -0.39 is 0 Å². The highest BCUT2D eigenvalue weighted by atomic mass is 16.1. The largest absolute Gasteiger partial charge is 0.399 e. The second-order valence-corrected chi connectivity index (χ2v) is 3.72. The van der Waals surface area contributed by atoms with Crippen LogP contribution >= 0.6 is 0 Å². The van der Waals surface area contributed by atoms with Crippen molar-refractivity contribution in [1.29, 1.82) is 0 Å². The van der Waals surface area contributed by atoms with Gasteiger partial charge in [-0.3, -0.25) is 4.79 Å². The first-order chi connectivity index (χ1) is 7.63. The molecule has 0 aliphatic heterocycles. The SMILES string of the molecule is Cc1cc(=O)n(CC=O)c2cc(N)ccc12. The fourth-order valence-corrected chi connectivity index (χ4v) is 1.83. The second kappa shape index (κ2) is 3.81. The van der Waals surface area contributed by atoms with E-state index in [1.807, 2.05) is 13.0 Å². The first-order valence-corrected chi connectivity index (χ1v) is 4.97. The Bertz CT molecular complexity index is 614. The first kappa shape index (κ1) is 10.4. The molecule has 4 heteroatoms. The third-order valence-electron chi connectivity index (χ3n) is 2.60. The molecule has 2 rings (SSSR count). The number of hydrogen-bond donors (Lipinski definition) is 1. The van der Waals surface area contributed by atoms with Crippen LogP contribution in [-0.2, 0) is 11.3 Å². The Kier molecular flexibility index (Phi) is 2.48. The summed E-state index contributed by atoms with van der Waals surface area (Å²) in [6.45, 7) is 1.92. The maximum Gasteiger partial charge on any atom is 0.251 e. The Labute approximate surface area is 92.3 Å². The average Bonchev–Trinajstić information content (AvgIpc) is 2.23. The maximum atomic E-state index is 11.7. The van der Waals surface area contributed by atoms with Gasteiger partial charge in [0, 0.05) is 17.1 Å². The summed E-state index contributed by atoms with van der Waals surface area (Å²) >= 11 is 0. The molecule has 0 saturated heterocycles. The number of hydrogen-bond acceptors (Lipinski definition) is 3.